The maximum atomic E-state index is 11.9. The normalized spacial score (nSPS) is 11.5. The third kappa shape index (κ3) is 5.74. The highest BCUT2D eigenvalue weighted by Crippen LogP contribution is 2.27. The third-order valence-corrected chi connectivity index (χ3v) is 5.09. The second kappa shape index (κ2) is 7.65. The van der Waals surface area contributed by atoms with Crippen LogP contribution < -0.4 is 10.5 Å². The summed E-state index contributed by atoms with van der Waals surface area (Å²) in [6.45, 7) is 4.07. The van der Waals surface area contributed by atoms with Crippen molar-refractivity contribution in [1.29, 1.82) is 0 Å². The van der Waals surface area contributed by atoms with Crippen LogP contribution >= 0.6 is 11.8 Å². The van der Waals surface area contributed by atoms with Crippen LogP contribution in [0.4, 0.5) is 11.4 Å². The van der Waals surface area contributed by atoms with Crippen LogP contribution in [0.3, 0.4) is 0 Å². The monoisotopic (exact) mass is 302 g/mol. The summed E-state index contributed by atoms with van der Waals surface area (Å²) in [6.07, 6.45) is 2.58. The van der Waals surface area contributed by atoms with Crippen LogP contribution in [0.1, 0.15) is 33.1 Å². The molecule has 0 saturated heterocycles. The van der Waals surface area contributed by atoms with E-state index in [1.807, 2.05) is 13.0 Å². The van der Waals surface area contributed by atoms with Crippen molar-refractivity contribution in [2.45, 2.75) is 38.0 Å². The molecule has 0 aromatic heterocycles. The number of nitrogens with one attached hydrogen (secondary N) is 1. The lowest BCUT2D eigenvalue weighted by atomic mass is 10.3. The molecule has 0 unspecified atom stereocenters. The summed E-state index contributed by atoms with van der Waals surface area (Å²) in [4.78, 5) is 1.03. The van der Waals surface area contributed by atoms with E-state index in [1.165, 1.54) is 0 Å². The highest BCUT2D eigenvalue weighted by atomic mass is 32.2. The molecule has 4 nitrogen and oxygen atoms in total. The molecule has 19 heavy (non-hydrogen) atoms. The summed E-state index contributed by atoms with van der Waals surface area (Å²) < 4.78 is 26.3. The molecule has 0 bridgehead atoms. The lowest BCUT2D eigenvalue weighted by Gasteiger charge is -2.11. The highest BCUT2D eigenvalue weighted by Gasteiger charge is 2.12. The molecule has 108 valence electrons. The predicted molar refractivity (Wildman–Crippen MR) is 84.2 cm³/mol. The number of hydrogen-bond acceptors (Lipinski definition) is 4. The Hall–Kier alpha value is -0.880. The first-order valence-electron chi connectivity index (χ1n) is 6.51. The Labute approximate surface area is 120 Å². The minimum Gasteiger partial charge on any atom is -0.397 e. The van der Waals surface area contributed by atoms with E-state index in [0.717, 1.165) is 23.5 Å². The molecule has 0 amide bonds. The van der Waals surface area contributed by atoms with E-state index in [4.69, 9.17) is 5.73 Å². The molecule has 0 aliphatic rings. The molecule has 0 aliphatic carbocycles. The highest BCUT2D eigenvalue weighted by molar-refractivity contribution is 7.99. The molecule has 0 saturated carbocycles. The number of thioether (sulfide) groups is 1. The topological polar surface area (TPSA) is 72.2 Å². The van der Waals surface area contributed by atoms with Gasteiger partial charge >= 0.3 is 0 Å². The van der Waals surface area contributed by atoms with Gasteiger partial charge in [0.15, 0.2) is 0 Å². The summed E-state index contributed by atoms with van der Waals surface area (Å²) >= 11 is 1.70. The quantitative estimate of drug-likeness (QED) is 0.571. The second-order valence-corrected chi connectivity index (χ2v) is 7.38. The summed E-state index contributed by atoms with van der Waals surface area (Å²) in [6, 6.07) is 5.47. The Morgan fingerprint density at radius 3 is 2.63 bits per heavy atom. The SMILES string of the molecule is CCCCS(=O)(=O)Nc1cc(SCCC)ccc1N. The standard InChI is InChI=1S/C13H22N2O2S2/c1-3-5-9-19(16,17)15-13-10-11(18-8-4-2)6-7-12(13)14/h6-7,10,15H,3-5,8-9,14H2,1-2H3. The van der Waals surface area contributed by atoms with Gasteiger partial charge < -0.3 is 5.73 Å². The zero-order valence-corrected chi connectivity index (χ0v) is 13.1. The van der Waals surface area contributed by atoms with E-state index in [-0.39, 0.29) is 5.75 Å². The molecular formula is C13H22N2O2S2. The lowest BCUT2D eigenvalue weighted by molar-refractivity contribution is 0.598. The van der Waals surface area contributed by atoms with Gasteiger partial charge in [-0.05, 0) is 36.8 Å². The van der Waals surface area contributed by atoms with Gasteiger partial charge in [0.1, 0.15) is 0 Å². The summed E-state index contributed by atoms with van der Waals surface area (Å²) in [5.41, 5.74) is 6.76. The van der Waals surface area contributed by atoms with Crippen molar-refractivity contribution in [1.82, 2.24) is 0 Å². The molecule has 0 aliphatic heterocycles. The predicted octanol–water partition coefficient (Wildman–Crippen LogP) is 3.31. The Morgan fingerprint density at radius 1 is 1.26 bits per heavy atom. The zero-order chi connectivity index (χ0) is 14.3. The van der Waals surface area contributed by atoms with Crippen LogP contribution in [-0.4, -0.2) is 19.9 Å². The number of nitrogens with two attached hydrogens (primary N) is 1. The van der Waals surface area contributed by atoms with Gasteiger partial charge in [0.05, 0.1) is 17.1 Å². The van der Waals surface area contributed by atoms with Crippen molar-refractivity contribution in [3.63, 3.8) is 0 Å². The average molecular weight is 302 g/mol. The summed E-state index contributed by atoms with van der Waals surface area (Å²) in [5.74, 6) is 1.14. The molecule has 3 N–H and O–H groups in total. The molecule has 0 radical (unpaired) electrons. The minimum atomic E-state index is -3.30. The van der Waals surface area contributed by atoms with Gasteiger partial charge in [0.25, 0.3) is 0 Å². The number of nitrogen functional groups attached to an aromatic ring is 1. The largest absolute Gasteiger partial charge is 0.397 e. The smallest absolute Gasteiger partial charge is 0.232 e. The molecular weight excluding hydrogens is 280 g/mol. The van der Waals surface area contributed by atoms with Gasteiger partial charge in [-0.15, -0.1) is 11.8 Å². The number of unbranched alkanes of at least 4 members (excludes halogenated alkanes) is 1. The van der Waals surface area contributed by atoms with E-state index < -0.39 is 10.0 Å². The number of hydrogen-bond donors (Lipinski definition) is 2. The van der Waals surface area contributed by atoms with E-state index in [9.17, 15) is 8.42 Å². The van der Waals surface area contributed by atoms with E-state index in [0.29, 0.717) is 17.8 Å². The Bertz CT molecular complexity index is 501. The fraction of sp³-hybridized carbons (Fsp3) is 0.538. The second-order valence-electron chi connectivity index (χ2n) is 4.37. The first-order valence-corrected chi connectivity index (χ1v) is 9.15. The number of rotatable bonds is 8. The maximum Gasteiger partial charge on any atom is 0.232 e. The first-order chi connectivity index (χ1) is 8.98. The van der Waals surface area contributed by atoms with Gasteiger partial charge in [-0.3, -0.25) is 4.72 Å². The fourth-order valence-electron chi connectivity index (χ4n) is 1.49. The van der Waals surface area contributed by atoms with Crippen molar-refractivity contribution in [3.05, 3.63) is 18.2 Å². The van der Waals surface area contributed by atoms with Crippen molar-refractivity contribution >= 4 is 33.2 Å². The summed E-state index contributed by atoms with van der Waals surface area (Å²) in [7, 11) is -3.30. The molecule has 0 heterocycles. The molecule has 0 fully saturated rings. The van der Waals surface area contributed by atoms with Crippen molar-refractivity contribution in [2.24, 2.45) is 0 Å². The van der Waals surface area contributed by atoms with Crippen molar-refractivity contribution in [2.75, 3.05) is 22.0 Å². The molecule has 1 rings (SSSR count). The molecule has 0 atom stereocenters. The number of sulfonamides is 1. The average Bonchev–Trinajstić information content (AvgIpc) is 2.37. The van der Waals surface area contributed by atoms with Crippen LogP contribution in [-0.2, 0) is 10.0 Å². The van der Waals surface area contributed by atoms with Crippen molar-refractivity contribution in [3.8, 4) is 0 Å². The molecule has 1 aromatic rings. The molecule has 1 aromatic carbocycles. The summed E-state index contributed by atoms with van der Waals surface area (Å²) in [5, 5.41) is 0. The third-order valence-electron chi connectivity index (χ3n) is 2.53. The first kappa shape index (κ1) is 16.2. The van der Waals surface area contributed by atoms with Crippen molar-refractivity contribution < 1.29 is 8.42 Å². The Morgan fingerprint density at radius 2 is 2.00 bits per heavy atom. The number of anilines is 2. The van der Waals surface area contributed by atoms with Gasteiger partial charge in [-0.25, -0.2) is 8.42 Å². The van der Waals surface area contributed by atoms with Crippen LogP contribution in [0.15, 0.2) is 23.1 Å². The van der Waals surface area contributed by atoms with Crippen LogP contribution in [0.2, 0.25) is 0 Å². The van der Waals surface area contributed by atoms with Gasteiger partial charge in [0.2, 0.25) is 10.0 Å². The van der Waals surface area contributed by atoms with E-state index in [1.54, 1.807) is 23.9 Å². The maximum absolute atomic E-state index is 11.9. The van der Waals surface area contributed by atoms with Crippen LogP contribution in [0.25, 0.3) is 0 Å². The van der Waals surface area contributed by atoms with Gasteiger partial charge in [-0.1, -0.05) is 20.3 Å². The Kier molecular flexibility index (Phi) is 6.51. The fourth-order valence-corrected chi connectivity index (χ4v) is 3.57. The minimum absolute atomic E-state index is 0.134. The van der Waals surface area contributed by atoms with Gasteiger partial charge in [-0.2, -0.15) is 0 Å². The lowest BCUT2D eigenvalue weighted by Crippen LogP contribution is -2.17. The molecule has 6 heteroatoms. The zero-order valence-electron chi connectivity index (χ0n) is 11.5. The van der Waals surface area contributed by atoms with E-state index in [2.05, 4.69) is 11.6 Å². The Balaban J connectivity index is 2.81. The molecule has 0 spiro atoms. The van der Waals surface area contributed by atoms with Gasteiger partial charge in [0, 0.05) is 4.90 Å². The van der Waals surface area contributed by atoms with E-state index >= 15 is 0 Å². The van der Waals surface area contributed by atoms with Crippen LogP contribution in [0, 0.1) is 0 Å². The number of benzene rings is 1. The van der Waals surface area contributed by atoms with Crippen LogP contribution in [0.5, 0.6) is 0 Å².